The Kier molecular flexibility index (Phi) is 5.91. The van der Waals surface area contributed by atoms with E-state index in [1.54, 1.807) is 18.9 Å². The zero-order valence-electron chi connectivity index (χ0n) is 14.1. The molecule has 0 bridgehead atoms. The van der Waals surface area contributed by atoms with Gasteiger partial charge in [0, 0.05) is 16.2 Å². The van der Waals surface area contributed by atoms with Crippen molar-refractivity contribution >= 4 is 17.5 Å². The molecule has 0 aliphatic carbocycles. The van der Waals surface area contributed by atoms with Crippen molar-refractivity contribution in [3.8, 4) is 5.75 Å². The van der Waals surface area contributed by atoms with Crippen LogP contribution in [-0.4, -0.2) is 18.6 Å². The predicted octanol–water partition coefficient (Wildman–Crippen LogP) is 5.45. The van der Waals surface area contributed by atoms with Crippen LogP contribution in [-0.2, 0) is 0 Å². The number of hydrogen-bond acceptors (Lipinski definition) is 3. The smallest absolute Gasteiger partial charge is 0.171 e. The summed E-state index contributed by atoms with van der Waals surface area (Å²) in [5, 5.41) is 0. The van der Waals surface area contributed by atoms with Crippen LogP contribution >= 0.6 is 11.8 Å². The molecule has 3 heteroatoms. The van der Waals surface area contributed by atoms with Gasteiger partial charge in [-0.3, -0.25) is 4.79 Å². The van der Waals surface area contributed by atoms with Gasteiger partial charge >= 0.3 is 0 Å². The van der Waals surface area contributed by atoms with E-state index in [0.717, 1.165) is 21.8 Å². The molecule has 0 aliphatic heterocycles. The van der Waals surface area contributed by atoms with Gasteiger partial charge in [-0.15, -0.1) is 11.8 Å². The fourth-order valence-corrected chi connectivity index (χ4v) is 3.70. The Hall–Kier alpha value is -2.52. The second-order valence-electron chi connectivity index (χ2n) is 5.68. The van der Waals surface area contributed by atoms with Gasteiger partial charge in [0.15, 0.2) is 5.78 Å². The minimum Gasteiger partial charge on any atom is -0.497 e. The molecule has 25 heavy (non-hydrogen) atoms. The second kappa shape index (κ2) is 8.54. The third kappa shape index (κ3) is 4.52. The molecule has 0 saturated carbocycles. The van der Waals surface area contributed by atoms with Crippen LogP contribution in [0.3, 0.4) is 0 Å². The summed E-state index contributed by atoms with van der Waals surface area (Å²) in [6.07, 6.45) is 0. The van der Waals surface area contributed by atoms with Crippen LogP contribution < -0.4 is 4.74 Å². The van der Waals surface area contributed by atoms with Crippen molar-refractivity contribution in [3.63, 3.8) is 0 Å². The quantitative estimate of drug-likeness (QED) is 0.419. The molecular formula is C22H20O2S. The Labute approximate surface area is 152 Å². The standard InChI is InChI=1S/C22H20O2S/c1-24-19-12-14-20(15-13-19)25-16-21(17-8-4-2-5-9-17)22(23)18-10-6-3-7-11-18/h2-15,21H,16H2,1H3. The van der Waals surface area contributed by atoms with Gasteiger partial charge < -0.3 is 4.74 Å². The number of rotatable bonds is 7. The van der Waals surface area contributed by atoms with Gasteiger partial charge in [0.1, 0.15) is 5.75 Å². The van der Waals surface area contributed by atoms with Gasteiger partial charge in [0.25, 0.3) is 0 Å². The van der Waals surface area contributed by atoms with Crippen molar-refractivity contribution in [2.75, 3.05) is 12.9 Å². The fourth-order valence-electron chi connectivity index (χ4n) is 2.66. The Bertz CT molecular complexity index is 798. The molecule has 0 amide bonds. The summed E-state index contributed by atoms with van der Waals surface area (Å²) in [6.45, 7) is 0. The van der Waals surface area contributed by atoms with Crippen molar-refractivity contribution in [1.29, 1.82) is 0 Å². The molecule has 3 aromatic rings. The number of hydrogen-bond donors (Lipinski definition) is 0. The maximum atomic E-state index is 13.0. The molecule has 0 N–H and O–H groups in total. The van der Waals surface area contributed by atoms with Crippen LogP contribution in [0.1, 0.15) is 21.8 Å². The first-order valence-electron chi connectivity index (χ1n) is 8.19. The van der Waals surface area contributed by atoms with Crippen LogP contribution in [0.2, 0.25) is 0 Å². The lowest BCUT2D eigenvalue weighted by atomic mass is 9.92. The molecular weight excluding hydrogens is 328 g/mol. The van der Waals surface area contributed by atoms with Crippen molar-refractivity contribution in [2.24, 2.45) is 0 Å². The van der Waals surface area contributed by atoms with Gasteiger partial charge in [-0.2, -0.15) is 0 Å². The SMILES string of the molecule is COc1ccc(SCC(C(=O)c2ccccc2)c2ccccc2)cc1. The molecule has 1 atom stereocenters. The minimum atomic E-state index is -0.171. The lowest BCUT2D eigenvalue weighted by Crippen LogP contribution is -2.15. The van der Waals surface area contributed by atoms with Crippen LogP contribution in [0.25, 0.3) is 0 Å². The lowest BCUT2D eigenvalue weighted by molar-refractivity contribution is 0.0968. The number of benzene rings is 3. The average molecular weight is 348 g/mol. The highest BCUT2D eigenvalue weighted by atomic mass is 32.2. The molecule has 3 rings (SSSR count). The second-order valence-corrected chi connectivity index (χ2v) is 6.77. The Morgan fingerprint density at radius 2 is 1.48 bits per heavy atom. The first kappa shape index (κ1) is 17.3. The summed E-state index contributed by atoms with van der Waals surface area (Å²) in [4.78, 5) is 14.2. The number of thioether (sulfide) groups is 1. The van der Waals surface area contributed by atoms with Crippen LogP contribution in [0.4, 0.5) is 0 Å². The zero-order chi connectivity index (χ0) is 17.5. The van der Waals surface area contributed by atoms with Gasteiger partial charge in [-0.25, -0.2) is 0 Å². The maximum Gasteiger partial charge on any atom is 0.171 e. The zero-order valence-corrected chi connectivity index (χ0v) is 14.9. The highest BCUT2D eigenvalue weighted by molar-refractivity contribution is 7.99. The van der Waals surface area contributed by atoms with E-state index in [-0.39, 0.29) is 11.7 Å². The molecule has 0 spiro atoms. The first-order valence-corrected chi connectivity index (χ1v) is 9.17. The normalized spacial score (nSPS) is 11.7. The molecule has 0 heterocycles. The predicted molar refractivity (Wildman–Crippen MR) is 104 cm³/mol. The molecule has 0 aromatic heterocycles. The number of ether oxygens (including phenoxy) is 1. The van der Waals surface area contributed by atoms with E-state index in [2.05, 4.69) is 0 Å². The number of carbonyl (C=O) groups is 1. The molecule has 0 aliphatic rings. The fraction of sp³-hybridized carbons (Fsp3) is 0.136. The lowest BCUT2D eigenvalue weighted by Gasteiger charge is -2.16. The van der Waals surface area contributed by atoms with Crippen molar-refractivity contribution < 1.29 is 9.53 Å². The molecule has 0 saturated heterocycles. The molecule has 0 radical (unpaired) electrons. The Balaban J connectivity index is 1.80. The van der Waals surface area contributed by atoms with E-state index < -0.39 is 0 Å². The number of ketones is 1. The van der Waals surface area contributed by atoms with Gasteiger partial charge in [-0.05, 0) is 29.8 Å². The molecule has 3 aromatic carbocycles. The summed E-state index contributed by atoms with van der Waals surface area (Å²) in [6, 6.07) is 27.5. The van der Waals surface area contributed by atoms with E-state index in [4.69, 9.17) is 4.74 Å². The van der Waals surface area contributed by atoms with Crippen molar-refractivity contribution in [1.82, 2.24) is 0 Å². The van der Waals surface area contributed by atoms with Crippen LogP contribution in [0.15, 0.2) is 89.8 Å². The van der Waals surface area contributed by atoms with E-state index in [1.807, 2.05) is 84.9 Å². The largest absolute Gasteiger partial charge is 0.497 e. The summed E-state index contributed by atoms with van der Waals surface area (Å²) < 4.78 is 5.20. The monoisotopic (exact) mass is 348 g/mol. The summed E-state index contributed by atoms with van der Waals surface area (Å²) >= 11 is 1.69. The third-order valence-electron chi connectivity index (χ3n) is 4.05. The topological polar surface area (TPSA) is 26.3 Å². The van der Waals surface area contributed by atoms with Crippen molar-refractivity contribution in [3.05, 3.63) is 96.1 Å². The van der Waals surface area contributed by atoms with Crippen LogP contribution in [0, 0.1) is 0 Å². The molecule has 126 valence electrons. The van der Waals surface area contributed by atoms with Crippen molar-refractivity contribution in [2.45, 2.75) is 10.8 Å². The minimum absolute atomic E-state index is 0.160. The first-order chi connectivity index (χ1) is 12.3. The molecule has 2 nitrogen and oxygen atoms in total. The van der Waals surface area contributed by atoms with Gasteiger partial charge in [0.05, 0.1) is 13.0 Å². The van der Waals surface area contributed by atoms with E-state index in [1.165, 1.54) is 0 Å². The highest BCUT2D eigenvalue weighted by Crippen LogP contribution is 2.30. The Morgan fingerprint density at radius 1 is 0.880 bits per heavy atom. The summed E-state index contributed by atoms with van der Waals surface area (Å²) in [5.74, 6) is 1.53. The Morgan fingerprint density at radius 3 is 2.08 bits per heavy atom. The molecule has 1 unspecified atom stereocenters. The number of carbonyl (C=O) groups excluding carboxylic acids is 1. The van der Waals surface area contributed by atoms with E-state index >= 15 is 0 Å². The summed E-state index contributed by atoms with van der Waals surface area (Å²) in [7, 11) is 1.66. The van der Waals surface area contributed by atoms with Crippen LogP contribution in [0.5, 0.6) is 5.75 Å². The maximum absolute atomic E-state index is 13.0. The highest BCUT2D eigenvalue weighted by Gasteiger charge is 2.22. The number of Topliss-reactive ketones (excluding diaryl/α,β-unsaturated/α-hetero) is 1. The summed E-state index contributed by atoms with van der Waals surface area (Å²) in [5.41, 5.74) is 1.81. The molecule has 0 fully saturated rings. The average Bonchev–Trinajstić information content (AvgIpc) is 2.70. The van der Waals surface area contributed by atoms with E-state index in [0.29, 0.717) is 5.75 Å². The third-order valence-corrected chi connectivity index (χ3v) is 5.16. The van der Waals surface area contributed by atoms with Gasteiger partial charge in [-0.1, -0.05) is 60.7 Å². The van der Waals surface area contributed by atoms with Gasteiger partial charge in [0.2, 0.25) is 0 Å². The number of methoxy groups -OCH3 is 1. The van der Waals surface area contributed by atoms with E-state index in [9.17, 15) is 4.79 Å².